The highest BCUT2D eigenvalue weighted by Crippen LogP contribution is 2.28. The molecular weight excluding hydrogens is 224 g/mol. The molecule has 1 N–H and O–H groups in total. The fraction of sp³-hybridized carbons (Fsp3) is 0.667. The molecule has 1 aliphatic carbocycles. The van der Waals surface area contributed by atoms with E-state index in [1.807, 2.05) is 12.4 Å². The molecule has 3 heteroatoms. The van der Waals surface area contributed by atoms with Gasteiger partial charge in [-0.05, 0) is 31.7 Å². The van der Waals surface area contributed by atoms with Crippen LogP contribution >= 0.6 is 0 Å². The number of hydrogen-bond acceptors (Lipinski definition) is 2. The van der Waals surface area contributed by atoms with Crippen LogP contribution in [0.2, 0.25) is 0 Å². The molecule has 3 nitrogen and oxygen atoms in total. The number of aromatic nitrogens is 1. The maximum atomic E-state index is 11.1. The van der Waals surface area contributed by atoms with Gasteiger partial charge in [-0.25, -0.2) is 0 Å². The first kappa shape index (κ1) is 13.3. The molecule has 0 spiro atoms. The third-order valence-electron chi connectivity index (χ3n) is 3.89. The minimum atomic E-state index is 0.0881. The molecule has 0 amide bonds. The van der Waals surface area contributed by atoms with Gasteiger partial charge in [-0.2, -0.15) is 0 Å². The number of nitrogens with zero attached hydrogens (tertiary/aromatic N) is 1. The summed E-state index contributed by atoms with van der Waals surface area (Å²) in [6, 6.07) is 3.84. The highest BCUT2D eigenvalue weighted by atomic mass is 16.1. The Morgan fingerprint density at radius 2 is 2.00 bits per heavy atom. The Morgan fingerprint density at radius 3 is 2.61 bits per heavy atom. The second kappa shape index (κ2) is 6.74. The molecule has 0 aromatic carbocycles. The van der Waals surface area contributed by atoms with Crippen molar-refractivity contribution in [2.75, 3.05) is 6.54 Å². The van der Waals surface area contributed by atoms with E-state index in [0.717, 1.165) is 19.0 Å². The maximum absolute atomic E-state index is 11.1. The maximum Gasteiger partial charge on any atom is 0.181 e. The van der Waals surface area contributed by atoms with Gasteiger partial charge in [0.2, 0.25) is 0 Å². The zero-order valence-corrected chi connectivity index (χ0v) is 11.3. The average molecular weight is 248 g/mol. The van der Waals surface area contributed by atoms with Gasteiger partial charge in [0.15, 0.2) is 5.43 Å². The lowest BCUT2D eigenvalue weighted by atomic mass is 9.97. The topological polar surface area (TPSA) is 34.0 Å². The monoisotopic (exact) mass is 248 g/mol. The molecule has 1 unspecified atom stereocenters. The Balaban J connectivity index is 1.99. The molecule has 1 aromatic rings. The molecule has 1 heterocycles. The van der Waals surface area contributed by atoms with E-state index in [1.165, 1.54) is 32.1 Å². The predicted molar refractivity (Wildman–Crippen MR) is 74.7 cm³/mol. The van der Waals surface area contributed by atoms with Gasteiger partial charge in [0, 0.05) is 37.1 Å². The van der Waals surface area contributed by atoms with Crippen molar-refractivity contribution in [1.29, 1.82) is 0 Å². The standard InChI is InChI=1S/C15H24N2O/c1-2-9-16-15(13-5-3-4-6-13)12-17-10-7-14(18)8-11-17/h7-8,10-11,13,15-16H,2-6,9,12H2,1H3. The summed E-state index contributed by atoms with van der Waals surface area (Å²) >= 11 is 0. The van der Waals surface area contributed by atoms with Gasteiger partial charge < -0.3 is 9.88 Å². The summed E-state index contributed by atoms with van der Waals surface area (Å²) in [7, 11) is 0. The van der Waals surface area contributed by atoms with Crippen LogP contribution in [0, 0.1) is 5.92 Å². The molecule has 1 aliphatic rings. The molecule has 2 rings (SSSR count). The zero-order valence-electron chi connectivity index (χ0n) is 11.3. The van der Waals surface area contributed by atoms with Crippen molar-refractivity contribution in [2.45, 2.75) is 51.6 Å². The van der Waals surface area contributed by atoms with Crippen molar-refractivity contribution in [1.82, 2.24) is 9.88 Å². The summed E-state index contributed by atoms with van der Waals surface area (Å²) in [5.74, 6) is 0.802. The molecule has 1 atom stereocenters. The molecule has 100 valence electrons. The normalized spacial score (nSPS) is 18.1. The van der Waals surface area contributed by atoms with E-state index < -0.39 is 0 Å². The summed E-state index contributed by atoms with van der Waals surface area (Å²) in [5, 5.41) is 3.68. The van der Waals surface area contributed by atoms with Gasteiger partial charge >= 0.3 is 0 Å². The van der Waals surface area contributed by atoms with Crippen molar-refractivity contribution >= 4 is 0 Å². The third-order valence-corrected chi connectivity index (χ3v) is 3.89. The van der Waals surface area contributed by atoms with Gasteiger partial charge in [0.25, 0.3) is 0 Å². The van der Waals surface area contributed by atoms with Crippen molar-refractivity contribution in [3.63, 3.8) is 0 Å². The molecule has 0 radical (unpaired) electrons. The van der Waals surface area contributed by atoms with E-state index in [1.54, 1.807) is 12.1 Å². The molecule has 0 bridgehead atoms. The highest BCUT2D eigenvalue weighted by Gasteiger charge is 2.24. The average Bonchev–Trinajstić information content (AvgIpc) is 2.90. The summed E-state index contributed by atoms with van der Waals surface area (Å²) < 4.78 is 2.13. The molecule has 1 saturated carbocycles. The SMILES string of the molecule is CCCNC(Cn1ccc(=O)cc1)C1CCCC1. The Hall–Kier alpha value is -1.09. The van der Waals surface area contributed by atoms with Crippen LogP contribution in [0.3, 0.4) is 0 Å². The van der Waals surface area contributed by atoms with Gasteiger partial charge in [-0.3, -0.25) is 4.79 Å². The van der Waals surface area contributed by atoms with Gasteiger partial charge in [-0.15, -0.1) is 0 Å². The van der Waals surface area contributed by atoms with Crippen LogP contribution in [0.25, 0.3) is 0 Å². The van der Waals surface area contributed by atoms with Crippen molar-refractivity contribution in [2.24, 2.45) is 5.92 Å². The van der Waals surface area contributed by atoms with Crippen molar-refractivity contribution in [3.8, 4) is 0 Å². The zero-order chi connectivity index (χ0) is 12.8. The number of hydrogen-bond donors (Lipinski definition) is 1. The van der Waals surface area contributed by atoms with E-state index in [9.17, 15) is 4.79 Å². The first-order chi connectivity index (χ1) is 8.79. The van der Waals surface area contributed by atoms with Crippen LogP contribution in [0.5, 0.6) is 0 Å². The van der Waals surface area contributed by atoms with Crippen LogP contribution in [0.1, 0.15) is 39.0 Å². The minimum Gasteiger partial charge on any atom is -0.352 e. The van der Waals surface area contributed by atoms with E-state index in [-0.39, 0.29) is 5.43 Å². The second-order valence-electron chi connectivity index (χ2n) is 5.34. The van der Waals surface area contributed by atoms with Gasteiger partial charge in [-0.1, -0.05) is 19.8 Å². The van der Waals surface area contributed by atoms with E-state index in [4.69, 9.17) is 0 Å². The fourth-order valence-electron chi connectivity index (χ4n) is 2.86. The number of pyridine rings is 1. The molecular formula is C15H24N2O. The summed E-state index contributed by atoms with van der Waals surface area (Å²) in [6.07, 6.45) is 10.4. The molecule has 1 aromatic heterocycles. The largest absolute Gasteiger partial charge is 0.352 e. The number of nitrogens with one attached hydrogen (secondary N) is 1. The second-order valence-corrected chi connectivity index (χ2v) is 5.34. The first-order valence-electron chi connectivity index (χ1n) is 7.19. The van der Waals surface area contributed by atoms with Crippen molar-refractivity contribution in [3.05, 3.63) is 34.7 Å². The van der Waals surface area contributed by atoms with Crippen LogP contribution in [-0.2, 0) is 6.54 Å². The summed E-state index contributed by atoms with van der Waals surface area (Å²) in [5.41, 5.74) is 0.0881. The third kappa shape index (κ3) is 3.70. The Kier molecular flexibility index (Phi) is 5.00. The van der Waals surface area contributed by atoms with Crippen LogP contribution in [0.4, 0.5) is 0 Å². The molecule has 1 fully saturated rings. The van der Waals surface area contributed by atoms with E-state index in [2.05, 4.69) is 16.8 Å². The van der Waals surface area contributed by atoms with Crippen LogP contribution < -0.4 is 10.7 Å². The quantitative estimate of drug-likeness (QED) is 0.839. The van der Waals surface area contributed by atoms with Gasteiger partial charge in [0.05, 0.1) is 0 Å². The minimum absolute atomic E-state index is 0.0881. The molecule has 0 aliphatic heterocycles. The smallest absolute Gasteiger partial charge is 0.181 e. The van der Waals surface area contributed by atoms with E-state index in [0.29, 0.717) is 6.04 Å². The molecule has 18 heavy (non-hydrogen) atoms. The Bertz CT molecular complexity index is 387. The lowest BCUT2D eigenvalue weighted by molar-refractivity contribution is 0.322. The fourth-order valence-corrected chi connectivity index (χ4v) is 2.86. The first-order valence-corrected chi connectivity index (χ1v) is 7.19. The lowest BCUT2D eigenvalue weighted by Gasteiger charge is -2.25. The highest BCUT2D eigenvalue weighted by molar-refractivity contribution is 4.95. The Labute approximate surface area is 109 Å². The van der Waals surface area contributed by atoms with Crippen molar-refractivity contribution < 1.29 is 0 Å². The Morgan fingerprint density at radius 1 is 1.33 bits per heavy atom. The summed E-state index contributed by atoms with van der Waals surface area (Å²) in [4.78, 5) is 11.1. The van der Waals surface area contributed by atoms with Gasteiger partial charge in [0.1, 0.15) is 0 Å². The lowest BCUT2D eigenvalue weighted by Crippen LogP contribution is -2.39. The van der Waals surface area contributed by atoms with Crippen LogP contribution in [0.15, 0.2) is 29.3 Å². The van der Waals surface area contributed by atoms with Crippen LogP contribution in [-0.4, -0.2) is 17.2 Å². The van der Waals surface area contributed by atoms with E-state index >= 15 is 0 Å². The predicted octanol–water partition coefficient (Wildman–Crippen LogP) is 2.41. The number of rotatable bonds is 6. The summed E-state index contributed by atoms with van der Waals surface area (Å²) in [6.45, 7) is 4.27. The molecule has 0 saturated heterocycles.